The van der Waals surface area contributed by atoms with E-state index in [1.54, 1.807) is 13.0 Å². The van der Waals surface area contributed by atoms with Gasteiger partial charge in [0.2, 0.25) is 11.9 Å². The molecule has 1 aromatic carbocycles. The standard InChI is InChI=1S/C18H25N5O2/c1-3-25-15(24)13-8-7-9-14(12(13)2)23-17(20)21-16(19)22-18(23)10-5-4-6-11-18/h7-9H,3-6,10-11H2,1-2H3,(H4,19,20,21,22). The molecule has 1 aromatic rings. The Balaban J connectivity index is 2.09. The van der Waals surface area contributed by atoms with Crippen molar-refractivity contribution in [2.75, 3.05) is 11.5 Å². The van der Waals surface area contributed by atoms with Gasteiger partial charge in [-0.3, -0.25) is 4.90 Å². The van der Waals surface area contributed by atoms with E-state index >= 15 is 0 Å². The number of carbonyl (C=O) groups is 1. The summed E-state index contributed by atoms with van der Waals surface area (Å²) < 4.78 is 5.17. The molecule has 1 spiro atoms. The zero-order chi connectivity index (χ0) is 18.0. The fourth-order valence-electron chi connectivity index (χ4n) is 3.77. The Morgan fingerprint density at radius 2 is 2.00 bits per heavy atom. The van der Waals surface area contributed by atoms with Crippen molar-refractivity contribution in [3.8, 4) is 0 Å². The maximum Gasteiger partial charge on any atom is 0.338 e. The number of carbonyl (C=O) groups excluding carboxylic acids is 1. The van der Waals surface area contributed by atoms with Crippen LogP contribution in [0.25, 0.3) is 0 Å². The molecule has 0 aromatic heterocycles. The van der Waals surface area contributed by atoms with E-state index in [9.17, 15) is 4.79 Å². The molecular formula is C18H25N5O2. The van der Waals surface area contributed by atoms with E-state index in [1.165, 1.54) is 6.42 Å². The lowest BCUT2D eigenvalue weighted by Crippen LogP contribution is -2.58. The minimum Gasteiger partial charge on any atom is -0.462 e. The highest BCUT2D eigenvalue weighted by Gasteiger charge is 2.43. The molecule has 1 aliphatic carbocycles. The summed E-state index contributed by atoms with van der Waals surface area (Å²) in [6.07, 6.45) is 4.98. The molecule has 4 N–H and O–H groups in total. The molecular weight excluding hydrogens is 318 g/mol. The molecule has 0 radical (unpaired) electrons. The molecule has 134 valence electrons. The van der Waals surface area contributed by atoms with Crippen LogP contribution >= 0.6 is 0 Å². The Morgan fingerprint density at radius 1 is 1.28 bits per heavy atom. The van der Waals surface area contributed by atoms with Crippen molar-refractivity contribution < 1.29 is 9.53 Å². The summed E-state index contributed by atoms with van der Waals surface area (Å²) >= 11 is 0. The molecule has 3 rings (SSSR count). The zero-order valence-corrected chi connectivity index (χ0v) is 14.8. The molecule has 25 heavy (non-hydrogen) atoms. The molecule has 7 heteroatoms. The van der Waals surface area contributed by atoms with Crippen molar-refractivity contribution >= 4 is 23.6 Å². The summed E-state index contributed by atoms with van der Waals surface area (Å²) in [5.74, 6) is 0.198. The number of nitrogens with zero attached hydrogens (tertiary/aromatic N) is 3. The van der Waals surface area contributed by atoms with Gasteiger partial charge in [-0.1, -0.05) is 12.5 Å². The lowest BCUT2D eigenvalue weighted by Gasteiger charge is -2.46. The molecule has 1 heterocycles. The van der Waals surface area contributed by atoms with Gasteiger partial charge in [0.05, 0.1) is 17.9 Å². The van der Waals surface area contributed by atoms with E-state index in [4.69, 9.17) is 16.2 Å². The first-order valence-electron chi connectivity index (χ1n) is 8.75. The molecule has 1 fully saturated rings. The molecule has 1 saturated carbocycles. The molecule has 0 bridgehead atoms. The molecule has 7 nitrogen and oxygen atoms in total. The summed E-state index contributed by atoms with van der Waals surface area (Å²) in [6.45, 7) is 4.02. The SMILES string of the molecule is CCOC(=O)c1cccc(N2C(N)=NC(N)=NC23CCCCC3)c1C. The Kier molecular flexibility index (Phi) is 4.65. The number of anilines is 1. The third-order valence-corrected chi connectivity index (χ3v) is 4.89. The molecule has 0 saturated heterocycles. The van der Waals surface area contributed by atoms with E-state index < -0.39 is 5.66 Å². The van der Waals surface area contributed by atoms with Gasteiger partial charge < -0.3 is 16.2 Å². The van der Waals surface area contributed by atoms with E-state index in [1.807, 2.05) is 24.0 Å². The van der Waals surface area contributed by atoms with Crippen LogP contribution in [0.1, 0.15) is 54.9 Å². The first kappa shape index (κ1) is 17.3. The van der Waals surface area contributed by atoms with Gasteiger partial charge in [-0.2, -0.15) is 4.99 Å². The van der Waals surface area contributed by atoms with Crippen LogP contribution in [-0.2, 0) is 4.74 Å². The maximum atomic E-state index is 12.3. The van der Waals surface area contributed by atoms with Gasteiger partial charge in [-0.15, -0.1) is 0 Å². The number of benzene rings is 1. The third kappa shape index (κ3) is 3.06. The summed E-state index contributed by atoms with van der Waals surface area (Å²) in [6, 6.07) is 5.53. The summed E-state index contributed by atoms with van der Waals surface area (Å²) in [7, 11) is 0. The first-order chi connectivity index (χ1) is 12.0. The van der Waals surface area contributed by atoms with Crippen LogP contribution < -0.4 is 16.4 Å². The van der Waals surface area contributed by atoms with Crippen LogP contribution in [0.5, 0.6) is 0 Å². The normalized spacial score (nSPS) is 19.4. The highest BCUT2D eigenvalue weighted by molar-refractivity contribution is 6.06. The zero-order valence-electron chi connectivity index (χ0n) is 14.8. The fraction of sp³-hybridized carbons (Fsp3) is 0.500. The van der Waals surface area contributed by atoms with E-state index in [2.05, 4.69) is 9.98 Å². The summed E-state index contributed by atoms with van der Waals surface area (Å²) in [4.78, 5) is 23.0. The van der Waals surface area contributed by atoms with Gasteiger partial charge in [0.15, 0.2) is 0 Å². The van der Waals surface area contributed by atoms with Crippen LogP contribution in [0.15, 0.2) is 28.2 Å². The van der Waals surface area contributed by atoms with Gasteiger partial charge in [-0.25, -0.2) is 9.79 Å². The number of guanidine groups is 2. The number of esters is 1. The van der Waals surface area contributed by atoms with E-state index in [0.29, 0.717) is 18.1 Å². The average molecular weight is 343 g/mol. The second-order valence-corrected chi connectivity index (χ2v) is 6.49. The van der Waals surface area contributed by atoms with E-state index in [0.717, 1.165) is 36.9 Å². The lowest BCUT2D eigenvalue weighted by atomic mass is 9.86. The predicted molar refractivity (Wildman–Crippen MR) is 98.7 cm³/mol. The van der Waals surface area contributed by atoms with Crippen LogP contribution in [0.3, 0.4) is 0 Å². The number of nitrogens with two attached hydrogens (primary N) is 2. The fourth-order valence-corrected chi connectivity index (χ4v) is 3.77. The summed E-state index contributed by atoms with van der Waals surface area (Å²) in [5.41, 5.74) is 13.8. The molecule has 0 unspecified atom stereocenters. The van der Waals surface area contributed by atoms with E-state index in [-0.39, 0.29) is 11.9 Å². The van der Waals surface area contributed by atoms with Crippen LogP contribution in [0.2, 0.25) is 0 Å². The predicted octanol–water partition coefficient (Wildman–Crippen LogP) is 2.28. The quantitative estimate of drug-likeness (QED) is 0.819. The van der Waals surface area contributed by atoms with Crippen molar-refractivity contribution in [1.29, 1.82) is 0 Å². The highest BCUT2D eigenvalue weighted by Crippen LogP contribution is 2.40. The Bertz CT molecular complexity index is 735. The van der Waals surface area contributed by atoms with Crippen molar-refractivity contribution in [3.05, 3.63) is 29.3 Å². The Labute approximate surface area is 147 Å². The Morgan fingerprint density at radius 3 is 2.68 bits per heavy atom. The van der Waals surface area contributed by atoms with Gasteiger partial charge in [0.1, 0.15) is 5.66 Å². The van der Waals surface area contributed by atoms with Crippen molar-refractivity contribution in [2.45, 2.75) is 51.6 Å². The third-order valence-electron chi connectivity index (χ3n) is 4.89. The Hall–Kier alpha value is -2.57. The first-order valence-corrected chi connectivity index (χ1v) is 8.75. The maximum absolute atomic E-state index is 12.3. The smallest absolute Gasteiger partial charge is 0.338 e. The minimum atomic E-state index is -0.522. The molecule has 0 atom stereocenters. The number of aliphatic imine (C=N–C) groups is 2. The molecule has 0 amide bonds. The number of ether oxygens (including phenoxy) is 1. The second-order valence-electron chi connectivity index (χ2n) is 6.49. The van der Waals surface area contributed by atoms with Gasteiger partial charge in [0.25, 0.3) is 0 Å². The van der Waals surface area contributed by atoms with Gasteiger partial charge in [0, 0.05) is 0 Å². The van der Waals surface area contributed by atoms with Crippen LogP contribution in [-0.4, -0.2) is 30.2 Å². The van der Waals surface area contributed by atoms with Gasteiger partial charge >= 0.3 is 5.97 Å². The van der Waals surface area contributed by atoms with Gasteiger partial charge in [-0.05, 0) is 57.2 Å². The van der Waals surface area contributed by atoms with Crippen molar-refractivity contribution in [2.24, 2.45) is 21.5 Å². The molecule has 1 aliphatic heterocycles. The molecule has 2 aliphatic rings. The summed E-state index contributed by atoms with van der Waals surface area (Å²) in [5, 5.41) is 0. The number of hydrogen-bond acceptors (Lipinski definition) is 7. The lowest BCUT2D eigenvalue weighted by molar-refractivity contribution is 0.0525. The largest absolute Gasteiger partial charge is 0.462 e. The van der Waals surface area contributed by atoms with Crippen molar-refractivity contribution in [1.82, 2.24) is 0 Å². The van der Waals surface area contributed by atoms with Crippen LogP contribution in [0, 0.1) is 6.92 Å². The topological polar surface area (TPSA) is 106 Å². The highest BCUT2D eigenvalue weighted by atomic mass is 16.5. The monoisotopic (exact) mass is 343 g/mol. The second kappa shape index (κ2) is 6.74. The minimum absolute atomic E-state index is 0.217. The number of rotatable bonds is 3. The van der Waals surface area contributed by atoms with Crippen LogP contribution in [0.4, 0.5) is 5.69 Å². The average Bonchev–Trinajstić information content (AvgIpc) is 2.56. The van der Waals surface area contributed by atoms with Crippen molar-refractivity contribution in [3.63, 3.8) is 0 Å². The number of hydrogen-bond donors (Lipinski definition) is 2.